The van der Waals surface area contributed by atoms with Gasteiger partial charge in [0.25, 0.3) is 10.0 Å². The molecule has 7 nitrogen and oxygen atoms in total. The van der Waals surface area contributed by atoms with Crippen molar-refractivity contribution in [2.24, 2.45) is 0 Å². The standard InChI is InChI=1S/C31H34Cl2FN3O4S/c1-3-28(31(39)35-23-8-4-5-9-23)36(19-22-14-17-25(32)26(33)18-22)30(38)20-37(29-11-7-6-10-27(29)34)42(40,41)24-15-12-21(2)13-16-24/h6-7,10-18,23,28H,3-5,8-9,19-20H2,1-2H3,(H,35,39)/t28-/m0/s1. The molecule has 0 unspecified atom stereocenters. The molecular formula is C31H34Cl2FN3O4S. The predicted octanol–water partition coefficient (Wildman–Crippen LogP) is 6.50. The Balaban J connectivity index is 1.73. The highest BCUT2D eigenvalue weighted by molar-refractivity contribution is 7.92. The quantitative estimate of drug-likeness (QED) is 0.261. The van der Waals surface area contributed by atoms with Gasteiger partial charge in [-0.3, -0.25) is 13.9 Å². The Morgan fingerprint density at radius 2 is 1.67 bits per heavy atom. The number of nitrogens with one attached hydrogen (secondary N) is 1. The number of amides is 2. The Kier molecular flexibility index (Phi) is 10.5. The molecule has 224 valence electrons. The fraction of sp³-hybridized carbons (Fsp3) is 0.355. The number of para-hydroxylation sites is 1. The van der Waals surface area contributed by atoms with Crippen LogP contribution in [0.2, 0.25) is 10.0 Å². The van der Waals surface area contributed by atoms with Gasteiger partial charge in [-0.15, -0.1) is 0 Å². The second-order valence-corrected chi connectivity index (χ2v) is 13.1. The highest BCUT2D eigenvalue weighted by Crippen LogP contribution is 2.28. The third-order valence-corrected chi connectivity index (χ3v) is 9.95. The van der Waals surface area contributed by atoms with Crippen LogP contribution in [0, 0.1) is 12.7 Å². The Bertz CT molecular complexity index is 1530. The van der Waals surface area contributed by atoms with Gasteiger partial charge in [-0.2, -0.15) is 0 Å². The van der Waals surface area contributed by atoms with E-state index in [1.165, 1.54) is 35.2 Å². The highest BCUT2D eigenvalue weighted by atomic mass is 35.5. The summed E-state index contributed by atoms with van der Waals surface area (Å²) < 4.78 is 43.6. The van der Waals surface area contributed by atoms with E-state index in [0.717, 1.165) is 41.6 Å². The van der Waals surface area contributed by atoms with E-state index < -0.39 is 34.3 Å². The van der Waals surface area contributed by atoms with Gasteiger partial charge >= 0.3 is 0 Å². The summed E-state index contributed by atoms with van der Waals surface area (Å²) in [7, 11) is -4.37. The molecule has 0 spiro atoms. The molecule has 0 bridgehead atoms. The minimum atomic E-state index is -4.37. The largest absolute Gasteiger partial charge is 0.352 e. The number of carbonyl (C=O) groups excluding carboxylic acids is 2. The van der Waals surface area contributed by atoms with Crippen molar-refractivity contribution < 1.29 is 22.4 Å². The van der Waals surface area contributed by atoms with Crippen molar-refractivity contribution in [3.8, 4) is 0 Å². The Hall–Kier alpha value is -3.14. The number of aryl methyl sites for hydroxylation is 1. The molecule has 4 rings (SSSR count). The number of anilines is 1. The molecule has 1 atom stereocenters. The van der Waals surface area contributed by atoms with Crippen LogP contribution in [-0.2, 0) is 26.2 Å². The summed E-state index contributed by atoms with van der Waals surface area (Å²) >= 11 is 12.3. The lowest BCUT2D eigenvalue weighted by atomic mass is 10.1. The van der Waals surface area contributed by atoms with E-state index in [1.54, 1.807) is 37.3 Å². The number of benzene rings is 3. The molecule has 0 saturated heterocycles. The van der Waals surface area contributed by atoms with Gasteiger partial charge in [-0.05, 0) is 68.1 Å². The van der Waals surface area contributed by atoms with Crippen LogP contribution in [0.4, 0.5) is 10.1 Å². The number of halogens is 3. The minimum Gasteiger partial charge on any atom is -0.352 e. The van der Waals surface area contributed by atoms with Crippen molar-refractivity contribution in [2.45, 2.75) is 69.5 Å². The summed E-state index contributed by atoms with van der Waals surface area (Å²) in [4.78, 5) is 28.9. The van der Waals surface area contributed by atoms with Crippen molar-refractivity contribution in [1.82, 2.24) is 10.2 Å². The van der Waals surface area contributed by atoms with Gasteiger partial charge in [-0.25, -0.2) is 12.8 Å². The molecule has 2 amide bonds. The highest BCUT2D eigenvalue weighted by Gasteiger charge is 2.35. The first kappa shape index (κ1) is 31.8. The summed E-state index contributed by atoms with van der Waals surface area (Å²) in [5, 5.41) is 3.67. The van der Waals surface area contributed by atoms with Crippen LogP contribution in [0.1, 0.15) is 50.2 Å². The first-order valence-corrected chi connectivity index (χ1v) is 16.1. The van der Waals surface area contributed by atoms with Crippen molar-refractivity contribution in [2.75, 3.05) is 10.8 Å². The third-order valence-electron chi connectivity index (χ3n) is 7.43. The van der Waals surface area contributed by atoms with Crippen LogP contribution in [0.25, 0.3) is 0 Å². The maximum Gasteiger partial charge on any atom is 0.264 e. The predicted molar refractivity (Wildman–Crippen MR) is 164 cm³/mol. The summed E-state index contributed by atoms with van der Waals surface area (Å²) in [5.41, 5.74) is 1.17. The molecule has 0 heterocycles. The average Bonchev–Trinajstić information content (AvgIpc) is 3.47. The molecule has 3 aromatic rings. The van der Waals surface area contributed by atoms with Gasteiger partial charge in [-0.1, -0.05) is 78.9 Å². The Labute approximate surface area is 256 Å². The normalized spacial score (nSPS) is 14.4. The first-order chi connectivity index (χ1) is 20.0. The zero-order valence-corrected chi connectivity index (χ0v) is 25.9. The lowest BCUT2D eigenvalue weighted by Gasteiger charge is -2.34. The smallest absolute Gasteiger partial charge is 0.264 e. The number of rotatable bonds is 11. The van der Waals surface area contributed by atoms with Crippen LogP contribution in [-0.4, -0.2) is 43.8 Å². The number of sulfonamides is 1. The molecule has 42 heavy (non-hydrogen) atoms. The molecule has 1 aliphatic rings. The first-order valence-electron chi connectivity index (χ1n) is 13.9. The molecule has 0 aliphatic heterocycles. The number of hydrogen-bond acceptors (Lipinski definition) is 4. The summed E-state index contributed by atoms with van der Waals surface area (Å²) in [6, 6.07) is 15.5. The molecule has 3 aromatic carbocycles. The van der Waals surface area contributed by atoms with Gasteiger partial charge in [0.15, 0.2) is 0 Å². The Morgan fingerprint density at radius 3 is 2.29 bits per heavy atom. The molecule has 1 aliphatic carbocycles. The van der Waals surface area contributed by atoms with Crippen molar-refractivity contribution in [3.05, 3.63) is 93.7 Å². The molecule has 1 N–H and O–H groups in total. The van der Waals surface area contributed by atoms with E-state index in [0.29, 0.717) is 10.6 Å². The van der Waals surface area contributed by atoms with Crippen LogP contribution < -0.4 is 9.62 Å². The maximum atomic E-state index is 15.1. The van der Waals surface area contributed by atoms with Crippen LogP contribution in [0.5, 0.6) is 0 Å². The molecule has 0 radical (unpaired) electrons. The zero-order chi connectivity index (χ0) is 30.4. The van der Waals surface area contributed by atoms with E-state index in [1.807, 2.05) is 6.92 Å². The van der Waals surface area contributed by atoms with Crippen molar-refractivity contribution in [1.29, 1.82) is 0 Å². The van der Waals surface area contributed by atoms with E-state index in [4.69, 9.17) is 23.2 Å². The lowest BCUT2D eigenvalue weighted by molar-refractivity contribution is -0.140. The monoisotopic (exact) mass is 633 g/mol. The molecule has 11 heteroatoms. The van der Waals surface area contributed by atoms with Gasteiger partial charge < -0.3 is 10.2 Å². The van der Waals surface area contributed by atoms with Crippen LogP contribution >= 0.6 is 23.2 Å². The lowest BCUT2D eigenvalue weighted by Crippen LogP contribution is -2.53. The molecule has 1 saturated carbocycles. The fourth-order valence-electron chi connectivity index (χ4n) is 5.13. The van der Waals surface area contributed by atoms with Crippen LogP contribution in [0.3, 0.4) is 0 Å². The summed E-state index contributed by atoms with van der Waals surface area (Å²) in [6.07, 6.45) is 4.03. The fourth-order valence-corrected chi connectivity index (χ4v) is 6.87. The van der Waals surface area contributed by atoms with E-state index in [-0.39, 0.29) is 40.5 Å². The minimum absolute atomic E-state index is 0.0188. The molecule has 0 aromatic heterocycles. The van der Waals surface area contributed by atoms with E-state index >= 15 is 4.39 Å². The second-order valence-electron chi connectivity index (χ2n) is 10.5. The number of nitrogens with zero attached hydrogens (tertiary/aromatic N) is 2. The summed E-state index contributed by atoms with van der Waals surface area (Å²) in [5.74, 6) is -1.80. The zero-order valence-electron chi connectivity index (χ0n) is 23.5. The van der Waals surface area contributed by atoms with Crippen LogP contribution in [0.15, 0.2) is 71.6 Å². The van der Waals surface area contributed by atoms with Gasteiger partial charge in [0.2, 0.25) is 11.8 Å². The number of carbonyl (C=O) groups is 2. The summed E-state index contributed by atoms with van der Waals surface area (Å²) in [6.45, 7) is 2.83. The van der Waals surface area contributed by atoms with Gasteiger partial charge in [0.1, 0.15) is 18.4 Å². The van der Waals surface area contributed by atoms with Crippen molar-refractivity contribution in [3.63, 3.8) is 0 Å². The average molecular weight is 635 g/mol. The Morgan fingerprint density at radius 1 is 1.00 bits per heavy atom. The van der Waals surface area contributed by atoms with E-state index in [2.05, 4.69) is 5.32 Å². The molecule has 1 fully saturated rings. The maximum absolute atomic E-state index is 15.1. The van der Waals surface area contributed by atoms with Crippen molar-refractivity contribution >= 4 is 50.7 Å². The number of hydrogen-bond donors (Lipinski definition) is 1. The SMILES string of the molecule is CC[C@@H](C(=O)NC1CCCC1)N(Cc1ccc(Cl)c(Cl)c1)C(=O)CN(c1ccccc1F)S(=O)(=O)c1ccc(C)cc1. The topological polar surface area (TPSA) is 86.8 Å². The second kappa shape index (κ2) is 13.9. The van der Waals surface area contributed by atoms with Gasteiger partial charge in [0, 0.05) is 12.6 Å². The molecular weight excluding hydrogens is 600 g/mol. The van der Waals surface area contributed by atoms with Gasteiger partial charge in [0.05, 0.1) is 20.6 Å². The third kappa shape index (κ3) is 7.43. The van der Waals surface area contributed by atoms with E-state index in [9.17, 15) is 18.0 Å².